The molecule has 2 aliphatic heterocycles. The Labute approximate surface area is 214 Å². The van der Waals surface area contributed by atoms with E-state index in [-0.39, 0.29) is 23.6 Å². The van der Waals surface area contributed by atoms with E-state index in [1.807, 2.05) is 65.0 Å². The number of hydrogen-bond donors (Lipinski definition) is 3. The number of carbonyl (C=O) groups is 1. The Morgan fingerprint density at radius 3 is 2.08 bits per heavy atom. The average Bonchev–Trinajstić information content (AvgIpc) is 3.25. The summed E-state index contributed by atoms with van der Waals surface area (Å²) in [5.74, 6) is -0.0709. The maximum atomic E-state index is 12.9. The lowest BCUT2D eigenvalue weighted by Crippen LogP contribution is -2.20. The monoisotopic (exact) mass is 495 g/mol. The van der Waals surface area contributed by atoms with E-state index in [0.29, 0.717) is 5.82 Å². The van der Waals surface area contributed by atoms with Crippen LogP contribution in [-0.2, 0) is 11.2 Å². The molecular weight excluding hydrogens is 456 g/mol. The second-order valence-corrected chi connectivity index (χ2v) is 7.68. The topological polar surface area (TPSA) is 53.2 Å². The van der Waals surface area contributed by atoms with E-state index in [9.17, 15) is 13.6 Å². The predicted molar refractivity (Wildman–Crippen MR) is 147 cm³/mol. The van der Waals surface area contributed by atoms with Crippen LogP contribution >= 0.6 is 0 Å². The molecule has 0 radical (unpaired) electrons. The smallest absolute Gasteiger partial charge is 0.252 e. The van der Waals surface area contributed by atoms with Gasteiger partial charge in [-0.1, -0.05) is 89.8 Å². The fraction of sp³-hybridized carbons (Fsp3) is 0.300. The highest BCUT2D eigenvalue weighted by molar-refractivity contribution is 5.87. The highest BCUT2D eigenvalue weighted by Crippen LogP contribution is 2.24. The summed E-state index contributed by atoms with van der Waals surface area (Å²) in [4.78, 5) is 11.7. The molecule has 1 fully saturated rings. The molecule has 4 rings (SSSR count). The van der Waals surface area contributed by atoms with Crippen molar-refractivity contribution in [3.05, 3.63) is 114 Å². The first-order valence-electron chi connectivity index (χ1n) is 12.4. The summed E-state index contributed by atoms with van der Waals surface area (Å²) in [6, 6.07) is 12.0. The van der Waals surface area contributed by atoms with Crippen LogP contribution in [0.25, 0.3) is 5.57 Å². The van der Waals surface area contributed by atoms with Crippen molar-refractivity contribution in [1.29, 1.82) is 0 Å². The normalized spacial score (nSPS) is 17.4. The van der Waals surface area contributed by atoms with Crippen molar-refractivity contribution in [3.63, 3.8) is 0 Å². The number of benzene rings is 2. The minimum Gasteiger partial charge on any atom is -0.378 e. The molecule has 0 saturated carbocycles. The lowest BCUT2D eigenvalue weighted by atomic mass is 10.00. The van der Waals surface area contributed by atoms with Gasteiger partial charge >= 0.3 is 0 Å². The number of nitrogens with one attached hydrogen (secondary N) is 3. The van der Waals surface area contributed by atoms with E-state index < -0.39 is 6.04 Å². The van der Waals surface area contributed by atoms with Crippen molar-refractivity contribution < 1.29 is 13.6 Å². The molecule has 0 aliphatic carbocycles. The molecular formula is C30H39F2N3O. The molecule has 2 aromatic carbocycles. The van der Waals surface area contributed by atoms with Gasteiger partial charge in [-0.3, -0.25) is 4.79 Å². The lowest BCUT2D eigenvalue weighted by molar-refractivity contribution is -0.120. The van der Waals surface area contributed by atoms with Gasteiger partial charge in [0.2, 0.25) is 0 Å². The molecule has 2 heterocycles. The Morgan fingerprint density at radius 2 is 1.61 bits per heavy atom. The summed E-state index contributed by atoms with van der Waals surface area (Å²) in [7, 11) is 0. The highest BCUT2D eigenvalue weighted by atomic mass is 19.1. The fourth-order valence-electron chi connectivity index (χ4n) is 3.55. The highest BCUT2D eigenvalue weighted by Gasteiger charge is 2.27. The van der Waals surface area contributed by atoms with Crippen molar-refractivity contribution in [2.75, 3.05) is 0 Å². The van der Waals surface area contributed by atoms with Gasteiger partial charge in [-0.05, 0) is 53.8 Å². The minimum atomic E-state index is -0.399. The van der Waals surface area contributed by atoms with Crippen molar-refractivity contribution in [3.8, 4) is 0 Å². The van der Waals surface area contributed by atoms with E-state index in [4.69, 9.17) is 0 Å². The van der Waals surface area contributed by atoms with Crippen LogP contribution in [0.3, 0.4) is 0 Å². The SMILES string of the molecule is C=C(C)c1cc(F)ccc1CC.C=C1NC(=O)C(c2ccc(C3C=CC(F)=CN3)cc2)N1.CC.CC. The molecule has 4 nitrogen and oxygen atoms in total. The predicted octanol–water partition coefficient (Wildman–Crippen LogP) is 7.40. The van der Waals surface area contributed by atoms with Crippen LogP contribution in [0.4, 0.5) is 8.78 Å². The maximum absolute atomic E-state index is 12.9. The van der Waals surface area contributed by atoms with Crippen LogP contribution in [0.2, 0.25) is 0 Å². The molecule has 0 bridgehead atoms. The van der Waals surface area contributed by atoms with Crippen molar-refractivity contribution in [2.24, 2.45) is 0 Å². The second kappa shape index (κ2) is 15.4. The molecule has 2 aromatic rings. The molecule has 1 amide bonds. The van der Waals surface area contributed by atoms with E-state index in [2.05, 4.69) is 36.0 Å². The van der Waals surface area contributed by atoms with Crippen LogP contribution < -0.4 is 16.0 Å². The number of halogens is 2. The number of rotatable bonds is 4. The molecule has 0 aromatic heterocycles. The zero-order chi connectivity index (χ0) is 27.3. The molecule has 194 valence electrons. The minimum absolute atomic E-state index is 0.0520. The van der Waals surface area contributed by atoms with Crippen LogP contribution in [0.1, 0.15) is 75.9 Å². The van der Waals surface area contributed by atoms with Gasteiger partial charge in [-0.15, -0.1) is 0 Å². The summed E-state index contributed by atoms with van der Waals surface area (Å²) < 4.78 is 25.7. The summed E-state index contributed by atoms with van der Waals surface area (Å²) in [6.07, 6.45) is 5.45. The van der Waals surface area contributed by atoms with Crippen LogP contribution in [-0.4, -0.2) is 5.91 Å². The standard InChI is InChI=1S/C15H14FN3O.C11H13F.2C2H6/c1-9-18-14(15(20)19-9)11-4-2-10(3-5-11)13-7-6-12(16)8-17-13;1-4-9-5-6-10(12)7-11(9)8(2)3;2*1-2/h2-8,13-14,17-18H,1H2,(H,19,20);5-7H,2,4H2,1,3H3;2*1-2H3. The third kappa shape index (κ3) is 8.52. The first-order chi connectivity index (χ1) is 17.3. The summed E-state index contributed by atoms with van der Waals surface area (Å²) in [6.45, 7) is 19.4. The Bertz CT molecular complexity index is 1090. The third-order valence-electron chi connectivity index (χ3n) is 5.25. The van der Waals surface area contributed by atoms with Gasteiger partial charge in [0, 0.05) is 6.20 Å². The molecule has 3 N–H and O–H groups in total. The maximum Gasteiger partial charge on any atom is 0.252 e. The molecule has 2 aliphatic rings. The van der Waals surface area contributed by atoms with E-state index in [1.165, 1.54) is 18.3 Å². The van der Waals surface area contributed by atoms with Gasteiger partial charge in [-0.2, -0.15) is 0 Å². The number of amides is 1. The molecule has 36 heavy (non-hydrogen) atoms. The quantitative estimate of drug-likeness (QED) is 0.414. The average molecular weight is 496 g/mol. The Morgan fingerprint density at radius 1 is 1.00 bits per heavy atom. The van der Waals surface area contributed by atoms with Crippen LogP contribution in [0, 0.1) is 5.82 Å². The number of allylic oxidation sites excluding steroid dienone is 3. The zero-order valence-corrected chi connectivity index (χ0v) is 22.2. The Kier molecular flexibility index (Phi) is 12.9. The van der Waals surface area contributed by atoms with Crippen molar-refractivity contribution in [1.82, 2.24) is 16.0 Å². The van der Waals surface area contributed by atoms with Gasteiger partial charge in [0.05, 0.1) is 11.9 Å². The first-order valence-corrected chi connectivity index (χ1v) is 12.4. The number of aryl methyl sites for hydroxylation is 1. The summed E-state index contributed by atoms with van der Waals surface area (Å²) in [5.41, 5.74) is 4.89. The van der Waals surface area contributed by atoms with Gasteiger partial charge in [-0.25, -0.2) is 8.78 Å². The zero-order valence-electron chi connectivity index (χ0n) is 22.2. The largest absolute Gasteiger partial charge is 0.378 e. The Hall–Kier alpha value is -3.67. The molecule has 6 heteroatoms. The van der Waals surface area contributed by atoms with Crippen molar-refractivity contribution in [2.45, 2.75) is 60.0 Å². The van der Waals surface area contributed by atoms with Gasteiger partial charge in [0.15, 0.2) is 0 Å². The summed E-state index contributed by atoms with van der Waals surface area (Å²) in [5, 5.41) is 8.57. The van der Waals surface area contributed by atoms with Crippen LogP contribution in [0.5, 0.6) is 0 Å². The van der Waals surface area contributed by atoms with Gasteiger partial charge in [0.1, 0.15) is 17.7 Å². The van der Waals surface area contributed by atoms with E-state index in [0.717, 1.165) is 34.2 Å². The summed E-state index contributed by atoms with van der Waals surface area (Å²) >= 11 is 0. The molecule has 1 saturated heterocycles. The Balaban J connectivity index is 0.000000348. The lowest BCUT2D eigenvalue weighted by Gasteiger charge is -2.17. The number of carbonyl (C=O) groups excluding carboxylic acids is 1. The second-order valence-electron chi connectivity index (χ2n) is 7.68. The first kappa shape index (κ1) is 30.4. The fourth-order valence-corrected chi connectivity index (χ4v) is 3.55. The van der Waals surface area contributed by atoms with E-state index in [1.54, 1.807) is 12.1 Å². The van der Waals surface area contributed by atoms with Gasteiger partial charge in [0.25, 0.3) is 5.91 Å². The number of hydrogen-bond acceptors (Lipinski definition) is 3. The number of dihydropyridines is 1. The molecule has 2 unspecified atom stereocenters. The molecule has 2 atom stereocenters. The van der Waals surface area contributed by atoms with Crippen molar-refractivity contribution >= 4 is 11.5 Å². The van der Waals surface area contributed by atoms with Gasteiger partial charge < -0.3 is 16.0 Å². The molecule has 0 spiro atoms. The van der Waals surface area contributed by atoms with Crippen LogP contribution in [0.15, 0.2) is 85.6 Å². The third-order valence-corrected chi connectivity index (χ3v) is 5.25. The van der Waals surface area contributed by atoms with E-state index >= 15 is 0 Å².